The molecule has 0 aromatic heterocycles. The van der Waals surface area contributed by atoms with E-state index in [0.717, 1.165) is 19.1 Å². The lowest BCUT2D eigenvalue weighted by Crippen LogP contribution is -2.37. The number of ether oxygens (including phenoxy) is 1. The van der Waals surface area contributed by atoms with Crippen LogP contribution in [0.4, 0.5) is 0 Å². The van der Waals surface area contributed by atoms with Crippen molar-refractivity contribution in [3.05, 3.63) is 35.4 Å². The molecule has 1 aliphatic rings. The summed E-state index contributed by atoms with van der Waals surface area (Å²) in [5.41, 5.74) is 2.92. The predicted molar refractivity (Wildman–Crippen MR) is 86.6 cm³/mol. The maximum absolute atomic E-state index is 8.71. The Morgan fingerprint density at radius 3 is 2.95 bits per heavy atom. The maximum atomic E-state index is 8.71. The van der Waals surface area contributed by atoms with Crippen LogP contribution in [-0.4, -0.2) is 49.5 Å². The summed E-state index contributed by atoms with van der Waals surface area (Å²) in [7, 11) is 0. The van der Waals surface area contributed by atoms with Crippen molar-refractivity contribution in [3.63, 3.8) is 0 Å². The van der Waals surface area contributed by atoms with E-state index in [2.05, 4.69) is 36.1 Å². The number of piperidine rings is 1. The van der Waals surface area contributed by atoms with E-state index < -0.39 is 0 Å². The van der Waals surface area contributed by atoms with Crippen LogP contribution in [0.5, 0.6) is 0 Å². The zero-order valence-corrected chi connectivity index (χ0v) is 13.3. The molecule has 1 aromatic carbocycles. The summed E-state index contributed by atoms with van der Waals surface area (Å²) in [6, 6.07) is 8.74. The van der Waals surface area contributed by atoms with E-state index in [1.165, 1.54) is 49.9 Å². The van der Waals surface area contributed by atoms with Gasteiger partial charge < -0.3 is 14.7 Å². The summed E-state index contributed by atoms with van der Waals surface area (Å²) >= 11 is 0. The molecule has 0 radical (unpaired) electrons. The molecule has 1 N–H and O–H groups in total. The van der Waals surface area contributed by atoms with Crippen LogP contribution in [-0.2, 0) is 11.2 Å². The Bertz CT molecular complexity index is 408. The zero-order valence-electron chi connectivity index (χ0n) is 13.3. The van der Waals surface area contributed by atoms with Crippen LogP contribution < -0.4 is 0 Å². The van der Waals surface area contributed by atoms with Crippen LogP contribution in [0.3, 0.4) is 0 Å². The number of aryl methyl sites for hydroxylation is 2. The van der Waals surface area contributed by atoms with E-state index in [1.54, 1.807) is 0 Å². The van der Waals surface area contributed by atoms with Crippen LogP contribution in [0.15, 0.2) is 24.3 Å². The first-order valence-electron chi connectivity index (χ1n) is 8.25. The minimum absolute atomic E-state index is 0.124. The molecule has 3 nitrogen and oxygen atoms in total. The van der Waals surface area contributed by atoms with Gasteiger partial charge >= 0.3 is 0 Å². The van der Waals surface area contributed by atoms with Gasteiger partial charge in [-0.2, -0.15) is 0 Å². The quantitative estimate of drug-likeness (QED) is 0.747. The van der Waals surface area contributed by atoms with E-state index in [4.69, 9.17) is 9.84 Å². The van der Waals surface area contributed by atoms with Crippen molar-refractivity contribution >= 4 is 0 Å². The van der Waals surface area contributed by atoms with Gasteiger partial charge in [0.05, 0.1) is 19.8 Å². The van der Waals surface area contributed by atoms with Gasteiger partial charge in [0, 0.05) is 13.1 Å². The molecule has 21 heavy (non-hydrogen) atoms. The normalized spacial score (nSPS) is 19.8. The van der Waals surface area contributed by atoms with E-state index in [1.807, 2.05) is 0 Å². The highest BCUT2D eigenvalue weighted by molar-refractivity contribution is 5.25. The first-order valence-corrected chi connectivity index (χ1v) is 8.25. The highest BCUT2D eigenvalue weighted by Crippen LogP contribution is 2.22. The highest BCUT2D eigenvalue weighted by Gasteiger charge is 2.19. The number of benzene rings is 1. The molecule has 1 fully saturated rings. The molecule has 118 valence electrons. The summed E-state index contributed by atoms with van der Waals surface area (Å²) < 4.78 is 5.37. The molecule has 1 atom stereocenters. The zero-order chi connectivity index (χ0) is 14.9. The Kier molecular flexibility index (Phi) is 7.20. The van der Waals surface area contributed by atoms with Crippen molar-refractivity contribution < 1.29 is 9.84 Å². The molecule has 3 heteroatoms. The summed E-state index contributed by atoms with van der Waals surface area (Å²) in [4.78, 5) is 2.52. The van der Waals surface area contributed by atoms with Crippen molar-refractivity contribution in [1.82, 2.24) is 4.90 Å². The van der Waals surface area contributed by atoms with Gasteiger partial charge in [0.2, 0.25) is 0 Å². The van der Waals surface area contributed by atoms with E-state index >= 15 is 0 Å². The minimum Gasteiger partial charge on any atom is -0.394 e. The highest BCUT2D eigenvalue weighted by atomic mass is 16.5. The number of aliphatic hydroxyl groups excluding tert-OH is 1. The summed E-state index contributed by atoms with van der Waals surface area (Å²) in [5, 5.41) is 8.71. The Balaban J connectivity index is 1.70. The summed E-state index contributed by atoms with van der Waals surface area (Å²) in [6.45, 7) is 6.94. The lowest BCUT2D eigenvalue weighted by Gasteiger charge is -2.32. The van der Waals surface area contributed by atoms with Crippen molar-refractivity contribution in [2.75, 3.05) is 39.5 Å². The Morgan fingerprint density at radius 1 is 1.29 bits per heavy atom. The Hall–Kier alpha value is -0.900. The molecule has 0 bridgehead atoms. The maximum Gasteiger partial charge on any atom is 0.0698 e. The Labute approximate surface area is 128 Å². The van der Waals surface area contributed by atoms with Crippen molar-refractivity contribution in [1.29, 1.82) is 0 Å². The molecule has 1 aromatic rings. The lowest BCUT2D eigenvalue weighted by atomic mass is 9.90. The average molecular weight is 291 g/mol. The van der Waals surface area contributed by atoms with E-state index in [-0.39, 0.29) is 6.61 Å². The molecular formula is C18H29NO2. The molecule has 1 saturated heterocycles. The third kappa shape index (κ3) is 5.77. The van der Waals surface area contributed by atoms with Crippen LogP contribution >= 0.6 is 0 Å². The SMILES string of the molecule is Cc1ccccc1CC[C@H]1CCCN(CCOCCO)C1. The fraction of sp³-hybridized carbons (Fsp3) is 0.667. The second-order valence-corrected chi connectivity index (χ2v) is 6.11. The smallest absolute Gasteiger partial charge is 0.0698 e. The van der Waals surface area contributed by atoms with Crippen LogP contribution in [0.2, 0.25) is 0 Å². The first-order chi connectivity index (χ1) is 10.3. The number of hydrogen-bond acceptors (Lipinski definition) is 3. The third-order valence-corrected chi connectivity index (χ3v) is 4.47. The average Bonchev–Trinajstić information content (AvgIpc) is 2.51. The van der Waals surface area contributed by atoms with Crippen molar-refractivity contribution in [2.24, 2.45) is 5.92 Å². The second-order valence-electron chi connectivity index (χ2n) is 6.11. The first kappa shape index (κ1) is 16.5. The molecule has 0 amide bonds. The van der Waals surface area contributed by atoms with Gasteiger partial charge in [-0.15, -0.1) is 0 Å². The van der Waals surface area contributed by atoms with Crippen molar-refractivity contribution in [3.8, 4) is 0 Å². The number of hydrogen-bond donors (Lipinski definition) is 1. The number of aliphatic hydroxyl groups is 1. The molecule has 0 unspecified atom stereocenters. The molecule has 2 rings (SSSR count). The molecular weight excluding hydrogens is 262 g/mol. The molecule has 0 aliphatic carbocycles. The Morgan fingerprint density at radius 2 is 2.14 bits per heavy atom. The standard InChI is InChI=1S/C18H29NO2/c1-16-5-2-3-7-18(16)9-8-17-6-4-10-19(15-17)11-13-21-14-12-20/h2-3,5,7,17,20H,4,6,8-15H2,1H3/t17-/m1/s1. The minimum atomic E-state index is 0.124. The largest absolute Gasteiger partial charge is 0.394 e. The summed E-state index contributed by atoms with van der Waals surface area (Å²) in [5.74, 6) is 0.816. The van der Waals surface area contributed by atoms with Crippen molar-refractivity contribution in [2.45, 2.75) is 32.6 Å². The second kappa shape index (κ2) is 9.19. The van der Waals surface area contributed by atoms with Gasteiger partial charge in [0.1, 0.15) is 0 Å². The lowest BCUT2D eigenvalue weighted by molar-refractivity contribution is 0.0618. The van der Waals surface area contributed by atoms with Gasteiger partial charge in [-0.3, -0.25) is 0 Å². The van der Waals surface area contributed by atoms with Gasteiger partial charge in [0.15, 0.2) is 0 Å². The molecule has 1 heterocycles. The third-order valence-electron chi connectivity index (χ3n) is 4.47. The van der Waals surface area contributed by atoms with Crippen LogP contribution in [0.1, 0.15) is 30.4 Å². The molecule has 0 spiro atoms. The van der Waals surface area contributed by atoms with Gasteiger partial charge in [-0.25, -0.2) is 0 Å². The van der Waals surface area contributed by atoms with E-state index in [9.17, 15) is 0 Å². The van der Waals surface area contributed by atoms with Gasteiger partial charge in [-0.1, -0.05) is 24.3 Å². The van der Waals surface area contributed by atoms with Crippen LogP contribution in [0.25, 0.3) is 0 Å². The van der Waals surface area contributed by atoms with Gasteiger partial charge in [-0.05, 0) is 56.2 Å². The van der Waals surface area contributed by atoms with Gasteiger partial charge in [0.25, 0.3) is 0 Å². The number of nitrogens with zero attached hydrogens (tertiary/aromatic N) is 1. The fourth-order valence-corrected chi connectivity index (χ4v) is 3.20. The molecule has 1 aliphatic heterocycles. The fourth-order valence-electron chi connectivity index (χ4n) is 3.20. The van der Waals surface area contributed by atoms with Crippen LogP contribution in [0, 0.1) is 12.8 Å². The topological polar surface area (TPSA) is 32.7 Å². The summed E-state index contributed by atoms with van der Waals surface area (Å²) in [6.07, 6.45) is 5.16. The molecule has 0 saturated carbocycles. The number of likely N-dealkylation sites (tertiary alicyclic amines) is 1. The number of rotatable bonds is 8. The van der Waals surface area contributed by atoms with E-state index in [0.29, 0.717) is 6.61 Å². The monoisotopic (exact) mass is 291 g/mol. The predicted octanol–water partition coefficient (Wildman–Crippen LogP) is 2.65.